The number of carbonyl (C=O) groups excluding carboxylic acids is 1. The Labute approximate surface area is 145 Å². The smallest absolute Gasteiger partial charge is 0.349 e. The molecule has 3 aromatic rings. The highest BCUT2D eigenvalue weighted by atomic mass is 16.4. The second-order valence-electron chi connectivity index (χ2n) is 6.09. The number of para-hydroxylation sites is 1. The van der Waals surface area contributed by atoms with Crippen molar-refractivity contribution in [3.05, 3.63) is 82.2 Å². The summed E-state index contributed by atoms with van der Waals surface area (Å²) in [6, 6.07) is 18.6. The topological polar surface area (TPSA) is 62.6 Å². The molecule has 0 aliphatic carbocycles. The first kappa shape index (κ1) is 16.9. The number of carbonyl (C=O) groups is 1. The number of benzene rings is 2. The molecule has 0 saturated heterocycles. The van der Waals surface area contributed by atoms with Crippen molar-refractivity contribution >= 4 is 16.9 Å². The molecule has 0 saturated carbocycles. The van der Waals surface area contributed by atoms with Crippen LogP contribution < -0.4 is 10.9 Å². The van der Waals surface area contributed by atoms with Crippen molar-refractivity contribution in [2.45, 2.75) is 6.04 Å². The summed E-state index contributed by atoms with van der Waals surface area (Å²) >= 11 is 0. The second-order valence-corrected chi connectivity index (χ2v) is 6.09. The number of likely N-dealkylation sites (N-methyl/N-ethyl adjacent to an activating group) is 1. The highest BCUT2D eigenvalue weighted by molar-refractivity contribution is 5.96. The van der Waals surface area contributed by atoms with E-state index in [9.17, 15) is 9.59 Å². The van der Waals surface area contributed by atoms with E-state index in [1.54, 1.807) is 18.2 Å². The van der Waals surface area contributed by atoms with E-state index in [4.69, 9.17) is 4.42 Å². The number of rotatable bonds is 5. The van der Waals surface area contributed by atoms with E-state index in [-0.39, 0.29) is 11.6 Å². The van der Waals surface area contributed by atoms with Gasteiger partial charge in [-0.05, 0) is 31.8 Å². The average Bonchev–Trinajstić information content (AvgIpc) is 2.61. The second kappa shape index (κ2) is 7.32. The van der Waals surface area contributed by atoms with E-state index in [0.29, 0.717) is 12.1 Å². The van der Waals surface area contributed by atoms with Gasteiger partial charge < -0.3 is 14.6 Å². The van der Waals surface area contributed by atoms with Crippen LogP contribution in [0, 0.1) is 0 Å². The van der Waals surface area contributed by atoms with Crippen LogP contribution in [0.3, 0.4) is 0 Å². The minimum atomic E-state index is -0.627. The zero-order chi connectivity index (χ0) is 17.8. The standard InChI is InChI=1S/C20H20N2O3/c1-22(2)17(14-8-4-3-5-9-14)13-21-19(23)16-12-15-10-6-7-11-18(15)25-20(16)24/h3-12,17H,13H2,1-2H3,(H,21,23)/t17-/m0/s1. The number of hydrogen-bond donors (Lipinski definition) is 1. The normalized spacial score (nSPS) is 12.3. The third-order valence-corrected chi connectivity index (χ3v) is 4.15. The van der Waals surface area contributed by atoms with Crippen molar-refractivity contribution in [1.29, 1.82) is 0 Å². The third kappa shape index (κ3) is 3.78. The molecular formula is C20H20N2O3. The molecule has 0 spiro atoms. The molecule has 0 radical (unpaired) electrons. The maximum atomic E-state index is 12.5. The number of nitrogens with one attached hydrogen (secondary N) is 1. The molecule has 2 aromatic carbocycles. The van der Waals surface area contributed by atoms with Crippen LogP contribution in [0.2, 0.25) is 0 Å². The van der Waals surface area contributed by atoms with Crippen molar-refractivity contribution < 1.29 is 9.21 Å². The van der Waals surface area contributed by atoms with Crippen LogP contribution in [-0.4, -0.2) is 31.4 Å². The molecule has 0 unspecified atom stereocenters. The lowest BCUT2D eigenvalue weighted by molar-refractivity contribution is 0.0938. The molecule has 1 amide bonds. The molecule has 128 valence electrons. The van der Waals surface area contributed by atoms with E-state index in [0.717, 1.165) is 10.9 Å². The van der Waals surface area contributed by atoms with Crippen LogP contribution in [0.4, 0.5) is 0 Å². The first-order valence-corrected chi connectivity index (χ1v) is 8.08. The molecule has 3 rings (SSSR count). The molecule has 0 aliphatic heterocycles. The number of hydrogen-bond acceptors (Lipinski definition) is 4. The zero-order valence-electron chi connectivity index (χ0n) is 14.2. The Morgan fingerprint density at radius 1 is 1.08 bits per heavy atom. The largest absolute Gasteiger partial charge is 0.422 e. The van der Waals surface area contributed by atoms with Gasteiger partial charge in [0.1, 0.15) is 11.1 Å². The van der Waals surface area contributed by atoms with Gasteiger partial charge in [0.05, 0.1) is 6.04 Å². The van der Waals surface area contributed by atoms with Crippen LogP contribution in [0.15, 0.2) is 69.9 Å². The van der Waals surface area contributed by atoms with Crippen LogP contribution in [-0.2, 0) is 0 Å². The van der Waals surface area contributed by atoms with Gasteiger partial charge in [0.15, 0.2) is 0 Å². The average molecular weight is 336 g/mol. The van der Waals surface area contributed by atoms with E-state index < -0.39 is 11.5 Å². The Bertz CT molecular complexity index is 932. The third-order valence-electron chi connectivity index (χ3n) is 4.15. The van der Waals surface area contributed by atoms with Crippen molar-refractivity contribution in [2.75, 3.05) is 20.6 Å². The molecule has 0 fully saturated rings. The highest BCUT2D eigenvalue weighted by Gasteiger charge is 2.18. The summed E-state index contributed by atoms with van der Waals surface area (Å²) in [4.78, 5) is 26.6. The lowest BCUT2D eigenvalue weighted by Gasteiger charge is -2.25. The highest BCUT2D eigenvalue weighted by Crippen LogP contribution is 2.17. The number of fused-ring (bicyclic) bond motifs is 1. The van der Waals surface area contributed by atoms with Gasteiger partial charge in [0.25, 0.3) is 5.91 Å². The lowest BCUT2D eigenvalue weighted by Crippen LogP contribution is -2.36. The van der Waals surface area contributed by atoms with Gasteiger partial charge in [-0.2, -0.15) is 0 Å². The minimum absolute atomic E-state index is 0.0117. The maximum Gasteiger partial charge on any atom is 0.349 e. The predicted molar refractivity (Wildman–Crippen MR) is 97.7 cm³/mol. The summed E-state index contributed by atoms with van der Waals surface area (Å²) in [5.41, 5.74) is 0.958. The fourth-order valence-corrected chi connectivity index (χ4v) is 2.78. The molecule has 1 N–H and O–H groups in total. The van der Waals surface area contributed by atoms with Crippen LogP contribution >= 0.6 is 0 Å². The molecule has 1 aromatic heterocycles. The summed E-state index contributed by atoms with van der Waals surface area (Å²) in [7, 11) is 3.91. The Morgan fingerprint density at radius 3 is 2.48 bits per heavy atom. The van der Waals surface area contributed by atoms with E-state index in [2.05, 4.69) is 5.32 Å². The molecule has 1 atom stereocenters. The van der Waals surface area contributed by atoms with Crippen LogP contribution in [0.5, 0.6) is 0 Å². The Hall–Kier alpha value is -2.92. The van der Waals surface area contributed by atoms with Gasteiger partial charge in [-0.1, -0.05) is 48.5 Å². The van der Waals surface area contributed by atoms with E-state index >= 15 is 0 Å². The van der Waals surface area contributed by atoms with Gasteiger partial charge in [-0.25, -0.2) is 4.79 Å². The molecule has 5 heteroatoms. The summed E-state index contributed by atoms with van der Waals surface area (Å²) in [5.74, 6) is -0.428. The molecule has 0 aliphatic rings. The minimum Gasteiger partial charge on any atom is -0.422 e. The monoisotopic (exact) mass is 336 g/mol. The van der Waals surface area contributed by atoms with E-state index in [1.165, 1.54) is 0 Å². The van der Waals surface area contributed by atoms with Crippen LogP contribution in [0.1, 0.15) is 22.0 Å². The number of nitrogens with zero attached hydrogens (tertiary/aromatic N) is 1. The summed E-state index contributed by atoms with van der Waals surface area (Å²) in [6.07, 6.45) is 0. The molecular weight excluding hydrogens is 316 g/mol. The Balaban J connectivity index is 1.80. The zero-order valence-corrected chi connectivity index (χ0v) is 14.2. The Morgan fingerprint density at radius 2 is 1.76 bits per heavy atom. The SMILES string of the molecule is CN(C)[C@@H](CNC(=O)c1cc2ccccc2oc1=O)c1ccccc1. The summed E-state index contributed by atoms with van der Waals surface area (Å²) < 4.78 is 5.23. The number of amides is 1. The fraction of sp³-hybridized carbons (Fsp3) is 0.200. The molecule has 5 nitrogen and oxygen atoms in total. The molecule has 25 heavy (non-hydrogen) atoms. The maximum absolute atomic E-state index is 12.5. The van der Waals surface area contributed by atoms with E-state index in [1.807, 2.05) is 61.5 Å². The van der Waals surface area contributed by atoms with Crippen molar-refractivity contribution in [3.8, 4) is 0 Å². The molecule has 1 heterocycles. The van der Waals surface area contributed by atoms with Crippen molar-refractivity contribution in [3.63, 3.8) is 0 Å². The first-order chi connectivity index (χ1) is 12.1. The summed E-state index contributed by atoms with van der Waals surface area (Å²) in [5, 5.41) is 3.57. The van der Waals surface area contributed by atoms with Gasteiger partial charge in [0, 0.05) is 11.9 Å². The first-order valence-electron chi connectivity index (χ1n) is 8.08. The van der Waals surface area contributed by atoms with Gasteiger partial charge >= 0.3 is 5.63 Å². The summed E-state index contributed by atoms with van der Waals surface area (Å²) in [6.45, 7) is 0.391. The fourth-order valence-electron chi connectivity index (χ4n) is 2.78. The van der Waals surface area contributed by atoms with Crippen molar-refractivity contribution in [1.82, 2.24) is 10.2 Å². The molecule has 0 bridgehead atoms. The predicted octanol–water partition coefficient (Wildman–Crippen LogP) is 2.83. The van der Waals surface area contributed by atoms with Gasteiger partial charge in [0.2, 0.25) is 0 Å². The van der Waals surface area contributed by atoms with Gasteiger partial charge in [-0.15, -0.1) is 0 Å². The Kier molecular flexibility index (Phi) is 4.95. The van der Waals surface area contributed by atoms with Crippen molar-refractivity contribution in [2.24, 2.45) is 0 Å². The quantitative estimate of drug-likeness (QED) is 0.728. The van der Waals surface area contributed by atoms with Crippen LogP contribution in [0.25, 0.3) is 11.0 Å². The lowest BCUT2D eigenvalue weighted by atomic mass is 10.1. The van der Waals surface area contributed by atoms with Gasteiger partial charge in [-0.3, -0.25) is 4.79 Å².